The highest BCUT2D eigenvalue weighted by molar-refractivity contribution is 5.80. The van der Waals surface area contributed by atoms with Gasteiger partial charge in [-0.25, -0.2) is 0 Å². The molecular formula is C20H38N4O3. The molecule has 0 radical (unpaired) electrons. The number of likely N-dealkylation sites (tertiary alicyclic amines) is 1. The Bertz CT molecular complexity index is 455. The Kier molecular flexibility index (Phi) is 8.64. The molecule has 3 rings (SSSR count). The first kappa shape index (κ1) is 20.8. The maximum atomic E-state index is 6.06. The van der Waals surface area contributed by atoms with Crippen LogP contribution in [-0.4, -0.2) is 100 Å². The Morgan fingerprint density at radius 1 is 1.19 bits per heavy atom. The minimum absolute atomic E-state index is 0.231. The SMILES string of the molecule is CCNC(=NCC1CN2CCCC2CO1)N1CCC(OCCCOC)CC1. The number of piperidine rings is 1. The molecule has 1 N–H and O–H groups in total. The lowest BCUT2D eigenvalue weighted by atomic mass is 10.1. The van der Waals surface area contributed by atoms with E-state index < -0.39 is 0 Å². The van der Waals surface area contributed by atoms with E-state index in [1.807, 2.05) is 0 Å². The van der Waals surface area contributed by atoms with Gasteiger partial charge >= 0.3 is 0 Å². The fraction of sp³-hybridized carbons (Fsp3) is 0.950. The zero-order chi connectivity index (χ0) is 18.9. The van der Waals surface area contributed by atoms with E-state index in [0.29, 0.717) is 12.1 Å². The van der Waals surface area contributed by atoms with Crippen LogP contribution in [0.25, 0.3) is 0 Å². The number of hydrogen-bond acceptors (Lipinski definition) is 5. The largest absolute Gasteiger partial charge is 0.385 e. The number of morpholine rings is 1. The summed E-state index contributed by atoms with van der Waals surface area (Å²) in [6, 6.07) is 0.654. The van der Waals surface area contributed by atoms with Crippen LogP contribution in [-0.2, 0) is 14.2 Å². The lowest BCUT2D eigenvalue weighted by Crippen LogP contribution is -2.49. The Hall–Kier alpha value is -0.890. The summed E-state index contributed by atoms with van der Waals surface area (Å²) in [7, 11) is 1.74. The average molecular weight is 383 g/mol. The van der Waals surface area contributed by atoms with E-state index >= 15 is 0 Å². The topological polar surface area (TPSA) is 58.6 Å². The van der Waals surface area contributed by atoms with Crippen molar-refractivity contribution in [1.29, 1.82) is 0 Å². The van der Waals surface area contributed by atoms with Crippen molar-refractivity contribution in [1.82, 2.24) is 15.1 Å². The van der Waals surface area contributed by atoms with Crippen LogP contribution in [0, 0.1) is 0 Å². The van der Waals surface area contributed by atoms with E-state index in [4.69, 9.17) is 19.2 Å². The number of hydrogen-bond donors (Lipinski definition) is 1. The summed E-state index contributed by atoms with van der Waals surface area (Å²) in [6.07, 6.45) is 6.31. The first-order chi connectivity index (χ1) is 13.3. The molecule has 7 heteroatoms. The second-order valence-corrected chi connectivity index (χ2v) is 7.84. The fourth-order valence-corrected chi connectivity index (χ4v) is 4.30. The second-order valence-electron chi connectivity index (χ2n) is 7.84. The highest BCUT2D eigenvalue weighted by Gasteiger charge is 2.32. The smallest absolute Gasteiger partial charge is 0.194 e. The van der Waals surface area contributed by atoms with E-state index in [-0.39, 0.29) is 6.10 Å². The van der Waals surface area contributed by atoms with Crippen LogP contribution in [0.3, 0.4) is 0 Å². The minimum atomic E-state index is 0.231. The molecule has 7 nitrogen and oxygen atoms in total. The molecule has 0 amide bonds. The normalized spacial score (nSPS) is 27.8. The molecule has 0 aromatic heterocycles. The van der Waals surface area contributed by atoms with Crippen LogP contribution < -0.4 is 5.32 Å². The summed E-state index contributed by atoms with van der Waals surface area (Å²) in [5.41, 5.74) is 0. The van der Waals surface area contributed by atoms with Crippen molar-refractivity contribution in [2.24, 2.45) is 4.99 Å². The quantitative estimate of drug-likeness (QED) is 0.388. The second kappa shape index (κ2) is 11.2. The zero-order valence-corrected chi connectivity index (χ0v) is 17.2. The Labute approximate surface area is 164 Å². The van der Waals surface area contributed by atoms with Crippen LogP contribution in [0.15, 0.2) is 4.99 Å². The van der Waals surface area contributed by atoms with Gasteiger partial charge in [0.05, 0.1) is 25.4 Å². The first-order valence-corrected chi connectivity index (χ1v) is 10.8. The maximum absolute atomic E-state index is 6.06. The van der Waals surface area contributed by atoms with Gasteiger partial charge in [-0.3, -0.25) is 9.89 Å². The van der Waals surface area contributed by atoms with Crippen molar-refractivity contribution >= 4 is 5.96 Å². The van der Waals surface area contributed by atoms with Crippen molar-refractivity contribution in [3.63, 3.8) is 0 Å². The van der Waals surface area contributed by atoms with E-state index in [1.54, 1.807) is 7.11 Å². The molecular weight excluding hydrogens is 344 g/mol. The maximum Gasteiger partial charge on any atom is 0.194 e. The highest BCUT2D eigenvalue weighted by atomic mass is 16.5. The molecule has 156 valence electrons. The van der Waals surface area contributed by atoms with Crippen molar-refractivity contribution in [3.8, 4) is 0 Å². The molecule has 0 bridgehead atoms. The van der Waals surface area contributed by atoms with Gasteiger partial charge in [0, 0.05) is 52.5 Å². The van der Waals surface area contributed by atoms with Crippen molar-refractivity contribution in [2.75, 3.05) is 66.2 Å². The third-order valence-corrected chi connectivity index (χ3v) is 5.83. The lowest BCUT2D eigenvalue weighted by molar-refractivity contribution is -0.0433. The van der Waals surface area contributed by atoms with Gasteiger partial charge in [0.25, 0.3) is 0 Å². The predicted octanol–water partition coefficient (Wildman–Crippen LogP) is 1.33. The third kappa shape index (κ3) is 6.31. The monoisotopic (exact) mass is 382 g/mol. The number of ether oxygens (including phenoxy) is 3. The van der Waals surface area contributed by atoms with Gasteiger partial charge in [0.2, 0.25) is 0 Å². The highest BCUT2D eigenvalue weighted by Crippen LogP contribution is 2.22. The van der Waals surface area contributed by atoms with Gasteiger partial charge in [-0.1, -0.05) is 0 Å². The van der Waals surface area contributed by atoms with Crippen molar-refractivity contribution in [3.05, 3.63) is 0 Å². The molecule has 2 unspecified atom stereocenters. The summed E-state index contributed by atoms with van der Waals surface area (Å²) in [5.74, 6) is 1.03. The van der Waals surface area contributed by atoms with Crippen molar-refractivity contribution in [2.45, 2.75) is 57.3 Å². The zero-order valence-electron chi connectivity index (χ0n) is 17.2. The summed E-state index contributed by atoms with van der Waals surface area (Å²) in [5, 5.41) is 3.46. The number of nitrogens with one attached hydrogen (secondary N) is 1. The fourth-order valence-electron chi connectivity index (χ4n) is 4.30. The molecule has 3 saturated heterocycles. The number of guanidine groups is 1. The van der Waals surface area contributed by atoms with E-state index in [0.717, 1.165) is 77.8 Å². The van der Waals surface area contributed by atoms with Gasteiger partial charge < -0.3 is 24.4 Å². The molecule has 0 aromatic carbocycles. The van der Waals surface area contributed by atoms with Gasteiger partial charge in [0.1, 0.15) is 0 Å². The average Bonchev–Trinajstić information content (AvgIpc) is 3.17. The van der Waals surface area contributed by atoms with Crippen molar-refractivity contribution < 1.29 is 14.2 Å². The molecule has 2 atom stereocenters. The molecule has 3 fully saturated rings. The van der Waals surface area contributed by atoms with Crippen LogP contribution in [0.5, 0.6) is 0 Å². The summed E-state index contributed by atoms with van der Waals surface area (Å²) in [4.78, 5) is 9.87. The lowest BCUT2D eigenvalue weighted by Gasteiger charge is -2.36. The van der Waals surface area contributed by atoms with E-state index in [9.17, 15) is 0 Å². The van der Waals surface area contributed by atoms with Gasteiger partial charge in [0.15, 0.2) is 5.96 Å². The number of nitrogens with zero attached hydrogens (tertiary/aromatic N) is 3. The molecule has 0 spiro atoms. The van der Waals surface area contributed by atoms with Gasteiger partial charge in [-0.2, -0.15) is 0 Å². The molecule has 0 aromatic rings. The predicted molar refractivity (Wildman–Crippen MR) is 107 cm³/mol. The van der Waals surface area contributed by atoms with E-state index in [1.165, 1.54) is 19.4 Å². The summed E-state index contributed by atoms with van der Waals surface area (Å²) in [6.45, 7) is 10.5. The number of aliphatic imine (C=N–C) groups is 1. The van der Waals surface area contributed by atoms with Crippen LogP contribution in [0.4, 0.5) is 0 Å². The Morgan fingerprint density at radius 3 is 2.81 bits per heavy atom. The molecule has 3 heterocycles. The summed E-state index contributed by atoms with van der Waals surface area (Å²) >= 11 is 0. The molecule has 3 aliphatic rings. The Balaban J connectivity index is 1.42. The minimum Gasteiger partial charge on any atom is -0.385 e. The van der Waals surface area contributed by atoms with Crippen LogP contribution in [0.2, 0.25) is 0 Å². The number of fused-ring (bicyclic) bond motifs is 1. The Morgan fingerprint density at radius 2 is 2.04 bits per heavy atom. The standard InChI is InChI=1S/C20H38N4O3/c1-3-21-20(22-14-19-15-24-9-4-6-17(24)16-27-19)23-10-7-18(8-11-23)26-13-5-12-25-2/h17-19H,3-16H2,1-2H3,(H,21,22). The number of methoxy groups -OCH3 is 1. The molecule has 3 aliphatic heterocycles. The third-order valence-electron chi connectivity index (χ3n) is 5.83. The van der Waals surface area contributed by atoms with Crippen LogP contribution in [0.1, 0.15) is 39.0 Å². The van der Waals surface area contributed by atoms with Gasteiger partial charge in [-0.15, -0.1) is 0 Å². The number of rotatable bonds is 8. The summed E-state index contributed by atoms with van der Waals surface area (Å²) < 4.78 is 17.1. The molecule has 0 aliphatic carbocycles. The van der Waals surface area contributed by atoms with E-state index in [2.05, 4.69) is 22.0 Å². The van der Waals surface area contributed by atoms with Gasteiger partial charge in [-0.05, 0) is 45.6 Å². The molecule has 27 heavy (non-hydrogen) atoms. The molecule has 0 saturated carbocycles. The van der Waals surface area contributed by atoms with Crippen LogP contribution >= 0.6 is 0 Å². The first-order valence-electron chi connectivity index (χ1n) is 10.8.